The summed E-state index contributed by atoms with van der Waals surface area (Å²) in [6, 6.07) is 6.06. The zero-order valence-corrected chi connectivity index (χ0v) is 13.2. The zero-order chi connectivity index (χ0) is 16.2. The van der Waals surface area contributed by atoms with Crippen molar-refractivity contribution in [3.63, 3.8) is 0 Å². The summed E-state index contributed by atoms with van der Waals surface area (Å²) in [5, 5.41) is 12.6. The van der Waals surface area contributed by atoms with Crippen LogP contribution in [0.2, 0.25) is 0 Å². The quantitative estimate of drug-likeness (QED) is 0.923. The van der Waals surface area contributed by atoms with Gasteiger partial charge >= 0.3 is 6.09 Å². The Kier molecular flexibility index (Phi) is 4.99. The Morgan fingerprint density at radius 3 is 2.91 bits per heavy atom. The summed E-state index contributed by atoms with van der Waals surface area (Å²) < 4.78 is 5.37. The molecule has 118 valence electrons. The number of aromatic nitrogens is 1. The highest BCUT2D eigenvalue weighted by molar-refractivity contribution is 5.68. The Bertz CT molecular complexity index is 548. The SMILES string of the molecule is CC(C)(C)OC(=O)N1CC(C#N)C(NCc2cccnc2)C1. The van der Waals surface area contributed by atoms with E-state index in [2.05, 4.69) is 16.4 Å². The molecule has 1 saturated heterocycles. The zero-order valence-electron chi connectivity index (χ0n) is 13.2. The van der Waals surface area contributed by atoms with E-state index >= 15 is 0 Å². The number of hydrogen-bond donors (Lipinski definition) is 1. The van der Waals surface area contributed by atoms with E-state index in [-0.39, 0.29) is 18.1 Å². The van der Waals surface area contributed by atoms with Gasteiger partial charge in [-0.25, -0.2) is 4.79 Å². The molecule has 1 aliphatic heterocycles. The van der Waals surface area contributed by atoms with Crippen molar-refractivity contribution in [2.45, 2.75) is 39.0 Å². The fraction of sp³-hybridized carbons (Fsp3) is 0.562. The van der Waals surface area contributed by atoms with Crippen LogP contribution in [0.15, 0.2) is 24.5 Å². The van der Waals surface area contributed by atoms with E-state index in [9.17, 15) is 10.1 Å². The van der Waals surface area contributed by atoms with Crippen molar-refractivity contribution in [2.24, 2.45) is 5.92 Å². The Hall–Kier alpha value is -2.13. The van der Waals surface area contributed by atoms with Gasteiger partial charge in [-0.2, -0.15) is 5.26 Å². The third kappa shape index (κ3) is 4.43. The molecule has 0 radical (unpaired) electrons. The maximum atomic E-state index is 12.1. The van der Waals surface area contributed by atoms with Gasteiger partial charge in [0, 0.05) is 38.1 Å². The number of likely N-dealkylation sites (tertiary alicyclic amines) is 1. The summed E-state index contributed by atoms with van der Waals surface area (Å²) in [6.07, 6.45) is 3.15. The number of nitriles is 1. The summed E-state index contributed by atoms with van der Waals surface area (Å²) in [5.41, 5.74) is 0.524. The minimum atomic E-state index is -0.527. The molecule has 1 N–H and O–H groups in total. The van der Waals surface area contributed by atoms with Crippen molar-refractivity contribution in [1.82, 2.24) is 15.2 Å². The largest absolute Gasteiger partial charge is 0.444 e. The Labute approximate surface area is 131 Å². The first-order valence-corrected chi connectivity index (χ1v) is 7.39. The van der Waals surface area contributed by atoms with Gasteiger partial charge in [0.25, 0.3) is 0 Å². The standard InChI is InChI=1S/C16H22N4O2/c1-16(2,3)22-15(21)20-10-13(7-17)14(11-20)19-9-12-5-4-6-18-8-12/h4-6,8,13-14,19H,9-11H2,1-3H3. The lowest BCUT2D eigenvalue weighted by Gasteiger charge is -2.24. The van der Waals surface area contributed by atoms with E-state index in [4.69, 9.17) is 4.74 Å². The van der Waals surface area contributed by atoms with Crippen LogP contribution in [0.1, 0.15) is 26.3 Å². The van der Waals surface area contributed by atoms with E-state index in [0.29, 0.717) is 19.6 Å². The molecular weight excluding hydrogens is 280 g/mol. The third-order valence-electron chi connectivity index (χ3n) is 3.43. The van der Waals surface area contributed by atoms with Crippen LogP contribution in [0, 0.1) is 17.2 Å². The van der Waals surface area contributed by atoms with Crippen LogP contribution in [0.5, 0.6) is 0 Å². The number of hydrogen-bond acceptors (Lipinski definition) is 5. The maximum Gasteiger partial charge on any atom is 0.410 e. The van der Waals surface area contributed by atoms with Gasteiger partial charge in [-0.15, -0.1) is 0 Å². The average Bonchev–Trinajstić information content (AvgIpc) is 2.88. The van der Waals surface area contributed by atoms with Gasteiger partial charge in [-0.05, 0) is 32.4 Å². The molecule has 22 heavy (non-hydrogen) atoms. The molecule has 1 aliphatic rings. The van der Waals surface area contributed by atoms with Gasteiger partial charge in [-0.1, -0.05) is 6.07 Å². The van der Waals surface area contributed by atoms with E-state index < -0.39 is 5.60 Å². The molecule has 6 nitrogen and oxygen atoms in total. The fourth-order valence-corrected chi connectivity index (χ4v) is 2.37. The molecule has 2 heterocycles. The molecule has 0 spiro atoms. The third-order valence-corrected chi connectivity index (χ3v) is 3.43. The Balaban J connectivity index is 1.92. The lowest BCUT2D eigenvalue weighted by atomic mass is 10.1. The monoisotopic (exact) mass is 302 g/mol. The molecule has 1 aromatic rings. The molecule has 1 amide bonds. The van der Waals surface area contributed by atoms with Crippen LogP contribution >= 0.6 is 0 Å². The predicted molar refractivity (Wildman–Crippen MR) is 81.8 cm³/mol. The topological polar surface area (TPSA) is 78.2 Å². The number of carbonyl (C=O) groups is 1. The fourth-order valence-electron chi connectivity index (χ4n) is 2.37. The van der Waals surface area contributed by atoms with Crippen LogP contribution in [0.3, 0.4) is 0 Å². The van der Waals surface area contributed by atoms with Crippen molar-refractivity contribution < 1.29 is 9.53 Å². The number of nitrogens with zero attached hydrogens (tertiary/aromatic N) is 3. The second-order valence-electron chi connectivity index (χ2n) is 6.47. The van der Waals surface area contributed by atoms with Crippen LogP contribution in [0.25, 0.3) is 0 Å². The van der Waals surface area contributed by atoms with E-state index in [0.717, 1.165) is 5.56 Å². The maximum absolute atomic E-state index is 12.1. The van der Waals surface area contributed by atoms with E-state index in [1.807, 2.05) is 32.9 Å². The first kappa shape index (κ1) is 16.2. The molecule has 2 atom stereocenters. The normalized spacial score (nSPS) is 21.5. The molecule has 1 fully saturated rings. The smallest absolute Gasteiger partial charge is 0.410 e. The summed E-state index contributed by atoms with van der Waals surface area (Å²) >= 11 is 0. The number of nitrogens with one attached hydrogen (secondary N) is 1. The molecule has 6 heteroatoms. The molecule has 1 aromatic heterocycles. The van der Waals surface area contributed by atoms with Crippen molar-refractivity contribution in [2.75, 3.05) is 13.1 Å². The number of pyridine rings is 1. The number of carbonyl (C=O) groups excluding carboxylic acids is 1. The van der Waals surface area contributed by atoms with Crippen LogP contribution in [-0.4, -0.2) is 40.7 Å². The van der Waals surface area contributed by atoms with E-state index in [1.165, 1.54) is 0 Å². The number of rotatable bonds is 3. The van der Waals surface area contributed by atoms with Gasteiger partial charge in [0.2, 0.25) is 0 Å². The highest BCUT2D eigenvalue weighted by atomic mass is 16.6. The molecular formula is C16H22N4O2. The molecule has 2 rings (SSSR count). The van der Waals surface area contributed by atoms with Crippen molar-refractivity contribution in [1.29, 1.82) is 5.26 Å². The van der Waals surface area contributed by atoms with E-state index in [1.54, 1.807) is 17.3 Å². The van der Waals surface area contributed by atoms with Gasteiger partial charge < -0.3 is 15.0 Å². The first-order chi connectivity index (χ1) is 10.4. The summed E-state index contributed by atoms with van der Waals surface area (Å²) in [4.78, 5) is 17.8. The highest BCUT2D eigenvalue weighted by Crippen LogP contribution is 2.20. The Morgan fingerprint density at radius 1 is 1.55 bits per heavy atom. The number of amides is 1. The molecule has 0 aromatic carbocycles. The average molecular weight is 302 g/mol. The van der Waals surface area contributed by atoms with Gasteiger partial charge in [0.05, 0.1) is 12.0 Å². The summed E-state index contributed by atoms with van der Waals surface area (Å²) in [6.45, 7) is 7.00. The second-order valence-corrected chi connectivity index (χ2v) is 6.47. The first-order valence-electron chi connectivity index (χ1n) is 7.39. The predicted octanol–water partition coefficient (Wildman–Crippen LogP) is 1.93. The minimum Gasteiger partial charge on any atom is -0.444 e. The molecule has 0 saturated carbocycles. The number of ether oxygens (including phenoxy) is 1. The minimum absolute atomic E-state index is 0.0577. The van der Waals surface area contributed by atoms with Crippen LogP contribution in [-0.2, 0) is 11.3 Å². The molecule has 0 bridgehead atoms. The highest BCUT2D eigenvalue weighted by Gasteiger charge is 2.36. The van der Waals surface area contributed by atoms with Crippen molar-refractivity contribution in [3.8, 4) is 6.07 Å². The second kappa shape index (κ2) is 6.75. The molecule has 2 unspecified atom stereocenters. The van der Waals surface area contributed by atoms with Crippen molar-refractivity contribution in [3.05, 3.63) is 30.1 Å². The van der Waals surface area contributed by atoms with Crippen LogP contribution in [0.4, 0.5) is 4.79 Å². The van der Waals surface area contributed by atoms with Gasteiger partial charge in [0.1, 0.15) is 5.60 Å². The Morgan fingerprint density at radius 2 is 2.32 bits per heavy atom. The lowest BCUT2D eigenvalue weighted by molar-refractivity contribution is 0.0288. The van der Waals surface area contributed by atoms with Gasteiger partial charge in [-0.3, -0.25) is 4.98 Å². The molecule has 0 aliphatic carbocycles. The summed E-state index contributed by atoms with van der Waals surface area (Å²) in [5.74, 6) is -0.232. The summed E-state index contributed by atoms with van der Waals surface area (Å²) in [7, 11) is 0. The lowest BCUT2D eigenvalue weighted by Crippen LogP contribution is -2.38. The van der Waals surface area contributed by atoms with Crippen LogP contribution < -0.4 is 5.32 Å². The van der Waals surface area contributed by atoms with Crippen molar-refractivity contribution >= 4 is 6.09 Å². The van der Waals surface area contributed by atoms with Gasteiger partial charge in [0.15, 0.2) is 0 Å².